The summed E-state index contributed by atoms with van der Waals surface area (Å²) in [6, 6.07) is 5.50. The second kappa shape index (κ2) is 8.84. The van der Waals surface area contributed by atoms with Crippen molar-refractivity contribution in [3.8, 4) is 0 Å². The maximum Gasteiger partial charge on any atom is 0.247 e. The van der Waals surface area contributed by atoms with E-state index >= 15 is 0 Å². The van der Waals surface area contributed by atoms with Crippen LogP contribution in [0.25, 0.3) is 0 Å². The summed E-state index contributed by atoms with van der Waals surface area (Å²) in [7, 11) is -3.51. The van der Waals surface area contributed by atoms with Crippen molar-refractivity contribution in [1.82, 2.24) is 9.62 Å². The molecule has 1 aromatic carbocycles. The number of benzene rings is 1. The summed E-state index contributed by atoms with van der Waals surface area (Å²) < 4.78 is 27.0. The summed E-state index contributed by atoms with van der Waals surface area (Å²) in [5, 5.41) is 5.36. The zero-order valence-electron chi connectivity index (χ0n) is 16.4. The highest BCUT2D eigenvalue weighted by atomic mass is 32.2. The van der Waals surface area contributed by atoms with Crippen molar-refractivity contribution in [1.29, 1.82) is 0 Å². The van der Waals surface area contributed by atoms with Crippen LogP contribution in [0.2, 0.25) is 0 Å². The summed E-state index contributed by atoms with van der Waals surface area (Å²) in [6.07, 6.45) is 1.74. The summed E-state index contributed by atoms with van der Waals surface area (Å²) in [4.78, 5) is 23.9. The number of hydrogen-bond donors (Lipinski definition) is 2. The number of amides is 2. The molecule has 8 heteroatoms. The molecule has 0 radical (unpaired) electrons. The molecule has 27 heavy (non-hydrogen) atoms. The van der Waals surface area contributed by atoms with Gasteiger partial charge in [0, 0.05) is 25.7 Å². The molecule has 1 heterocycles. The molecule has 7 nitrogen and oxygen atoms in total. The second-order valence-electron chi connectivity index (χ2n) is 7.52. The van der Waals surface area contributed by atoms with E-state index < -0.39 is 16.1 Å². The molecule has 2 rings (SSSR count). The molecule has 2 amide bonds. The Morgan fingerprint density at radius 2 is 1.67 bits per heavy atom. The van der Waals surface area contributed by atoms with Crippen LogP contribution in [-0.2, 0) is 19.6 Å². The number of carbonyl (C=O) groups is 2. The van der Waals surface area contributed by atoms with Crippen LogP contribution in [0.3, 0.4) is 0 Å². The second-order valence-corrected chi connectivity index (χ2v) is 9.46. The van der Waals surface area contributed by atoms with Crippen molar-refractivity contribution in [2.24, 2.45) is 11.8 Å². The zero-order valence-corrected chi connectivity index (χ0v) is 17.2. The molecule has 0 aliphatic carbocycles. The van der Waals surface area contributed by atoms with Crippen LogP contribution < -0.4 is 10.6 Å². The lowest BCUT2D eigenvalue weighted by molar-refractivity contribution is -0.126. The molecule has 0 saturated carbocycles. The summed E-state index contributed by atoms with van der Waals surface area (Å²) >= 11 is 0. The molecule has 1 aromatic rings. The molecule has 1 saturated heterocycles. The van der Waals surface area contributed by atoms with Gasteiger partial charge in [0.25, 0.3) is 0 Å². The van der Waals surface area contributed by atoms with Gasteiger partial charge in [0.15, 0.2) is 0 Å². The van der Waals surface area contributed by atoms with Gasteiger partial charge in [0.05, 0.1) is 4.90 Å². The first-order chi connectivity index (χ1) is 12.6. The average Bonchev–Trinajstić information content (AvgIpc) is 2.60. The van der Waals surface area contributed by atoms with Crippen LogP contribution in [0.4, 0.5) is 5.69 Å². The van der Waals surface area contributed by atoms with Crippen molar-refractivity contribution >= 4 is 27.5 Å². The Labute approximate surface area is 161 Å². The number of sulfonamides is 1. The Hall–Kier alpha value is -1.93. The normalized spacial score (nSPS) is 17.5. The van der Waals surface area contributed by atoms with Gasteiger partial charge in [-0.05, 0) is 48.9 Å². The van der Waals surface area contributed by atoms with Gasteiger partial charge in [0.1, 0.15) is 6.04 Å². The predicted molar refractivity (Wildman–Crippen MR) is 105 cm³/mol. The molecule has 150 valence electrons. The Morgan fingerprint density at radius 3 is 2.15 bits per heavy atom. The monoisotopic (exact) mass is 395 g/mol. The van der Waals surface area contributed by atoms with Crippen LogP contribution in [0.15, 0.2) is 29.2 Å². The SMILES string of the molecule is CC(=O)N[C@@H](C(=O)Nc1ccc(S(=O)(=O)N2CCC(C)CC2)cc1)C(C)C. The molecule has 0 aromatic heterocycles. The number of nitrogens with one attached hydrogen (secondary N) is 2. The van der Waals surface area contributed by atoms with Gasteiger partial charge in [-0.15, -0.1) is 0 Å². The van der Waals surface area contributed by atoms with Gasteiger partial charge >= 0.3 is 0 Å². The highest BCUT2D eigenvalue weighted by Crippen LogP contribution is 2.24. The highest BCUT2D eigenvalue weighted by Gasteiger charge is 2.28. The molecular formula is C19H29N3O4S. The van der Waals surface area contributed by atoms with Crippen molar-refractivity contribution < 1.29 is 18.0 Å². The van der Waals surface area contributed by atoms with E-state index in [1.54, 1.807) is 12.1 Å². The Bertz CT molecular complexity index is 767. The fourth-order valence-corrected chi connectivity index (χ4v) is 4.53. The fraction of sp³-hybridized carbons (Fsp3) is 0.579. The number of rotatable bonds is 6. The van der Waals surface area contributed by atoms with Gasteiger partial charge < -0.3 is 10.6 Å². The summed E-state index contributed by atoms with van der Waals surface area (Å²) in [6.45, 7) is 8.25. The van der Waals surface area contributed by atoms with Gasteiger partial charge in [-0.25, -0.2) is 8.42 Å². The van der Waals surface area contributed by atoms with Crippen LogP contribution in [-0.4, -0.2) is 43.7 Å². The topological polar surface area (TPSA) is 95.6 Å². The molecule has 0 bridgehead atoms. The Balaban J connectivity index is 2.08. The Kier molecular flexibility index (Phi) is 7.00. The van der Waals surface area contributed by atoms with E-state index in [0.29, 0.717) is 24.7 Å². The van der Waals surface area contributed by atoms with E-state index in [9.17, 15) is 18.0 Å². The highest BCUT2D eigenvalue weighted by molar-refractivity contribution is 7.89. The third kappa shape index (κ3) is 5.52. The van der Waals surface area contributed by atoms with Gasteiger partial charge in [-0.2, -0.15) is 4.31 Å². The van der Waals surface area contributed by atoms with Gasteiger partial charge in [0.2, 0.25) is 21.8 Å². The lowest BCUT2D eigenvalue weighted by Gasteiger charge is -2.29. The molecule has 0 spiro atoms. The van der Waals surface area contributed by atoms with Crippen molar-refractivity contribution in [3.63, 3.8) is 0 Å². The number of anilines is 1. The largest absolute Gasteiger partial charge is 0.344 e. The molecule has 1 fully saturated rings. The number of carbonyl (C=O) groups excluding carboxylic acids is 2. The van der Waals surface area contributed by atoms with E-state index in [-0.39, 0.29) is 22.6 Å². The van der Waals surface area contributed by atoms with Crippen LogP contribution >= 0.6 is 0 Å². The molecular weight excluding hydrogens is 366 g/mol. The first kappa shape index (κ1) is 21.4. The first-order valence-electron chi connectivity index (χ1n) is 9.29. The molecule has 2 N–H and O–H groups in total. The quantitative estimate of drug-likeness (QED) is 0.772. The van der Waals surface area contributed by atoms with Crippen LogP contribution in [0, 0.1) is 11.8 Å². The lowest BCUT2D eigenvalue weighted by atomic mass is 10.0. The van der Waals surface area contributed by atoms with E-state index in [4.69, 9.17) is 0 Å². The predicted octanol–water partition coefficient (Wildman–Crippen LogP) is 2.21. The Morgan fingerprint density at radius 1 is 1.11 bits per heavy atom. The number of nitrogens with zero attached hydrogens (tertiary/aromatic N) is 1. The molecule has 0 unspecified atom stereocenters. The van der Waals surface area contributed by atoms with Crippen molar-refractivity contribution in [3.05, 3.63) is 24.3 Å². The zero-order chi connectivity index (χ0) is 20.2. The average molecular weight is 396 g/mol. The lowest BCUT2D eigenvalue weighted by Crippen LogP contribution is -2.46. The summed E-state index contributed by atoms with van der Waals surface area (Å²) in [5.41, 5.74) is 0.488. The third-order valence-electron chi connectivity index (χ3n) is 4.81. The van der Waals surface area contributed by atoms with E-state index in [2.05, 4.69) is 17.6 Å². The maximum atomic E-state index is 12.7. The minimum absolute atomic E-state index is 0.0740. The van der Waals surface area contributed by atoms with Crippen molar-refractivity contribution in [2.45, 2.75) is 51.5 Å². The first-order valence-corrected chi connectivity index (χ1v) is 10.7. The molecule has 1 atom stereocenters. The van der Waals surface area contributed by atoms with Crippen molar-refractivity contribution in [2.75, 3.05) is 18.4 Å². The van der Waals surface area contributed by atoms with E-state index in [1.807, 2.05) is 13.8 Å². The standard InChI is InChI=1S/C19H29N3O4S/c1-13(2)18(20-15(4)23)19(24)21-16-5-7-17(8-6-16)27(25,26)22-11-9-14(3)10-12-22/h5-8,13-14,18H,9-12H2,1-4H3,(H,20,23)(H,21,24)/t18-/m1/s1. The van der Waals surface area contributed by atoms with Gasteiger partial charge in [-0.3, -0.25) is 9.59 Å². The van der Waals surface area contributed by atoms with E-state index in [0.717, 1.165) is 12.8 Å². The van der Waals surface area contributed by atoms with E-state index in [1.165, 1.54) is 23.4 Å². The minimum Gasteiger partial charge on any atom is -0.344 e. The minimum atomic E-state index is -3.51. The third-order valence-corrected chi connectivity index (χ3v) is 6.72. The number of hydrogen-bond acceptors (Lipinski definition) is 4. The van der Waals surface area contributed by atoms with Crippen LogP contribution in [0.5, 0.6) is 0 Å². The summed E-state index contributed by atoms with van der Waals surface area (Å²) in [5.74, 6) is -0.136. The van der Waals surface area contributed by atoms with Crippen LogP contribution in [0.1, 0.15) is 40.5 Å². The maximum absolute atomic E-state index is 12.7. The van der Waals surface area contributed by atoms with Gasteiger partial charge in [-0.1, -0.05) is 20.8 Å². The molecule has 1 aliphatic heterocycles. The molecule has 1 aliphatic rings. The smallest absolute Gasteiger partial charge is 0.247 e. The fourth-order valence-electron chi connectivity index (χ4n) is 3.06. The number of piperidine rings is 1.